The van der Waals surface area contributed by atoms with Gasteiger partial charge in [-0.3, -0.25) is 25.0 Å². The summed E-state index contributed by atoms with van der Waals surface area (Å²) in [4.78, 5) is 21.3. The zero-order valence-corrected chi connectivity index (χ0v) is 23.6. The number of aromatic nitrogens is 6. The van der Waals surface area contributed by atoms with Crippen LogP contribution < -0.4 is 9.64 Å². The molecule has 2 N–H and O–H groups in total. The van der Waals surface area contributed by atoms with Crippen LogP contribution in [0.2, 0.25) is 0 Å². The molecule has 9 nitrogen and oxygen atoms in total. The van der Waals surface area contributed by atoms with Crippen LogP contribution in [0.1, 0.15) is 12.8 Å². The lowest BCUT2D eigenvalue weighted by atomic mass is 10.0. The Kier molecular flexibility index (Phi) is 6.75. The second kappa shape index (κ2) is 10.9. The van der Waals surface area contributed by atoms with Crippen molar-refractivity contribution in [3.63, 3.8) is 0 Å². The maximum Gasteiger partial charge on any atom is 0.127 e. The van der Waals surface area contributed by atoms with Crippen LogP contribution in [-0.2, 0) is 0 Å². The molecule has 0 amide bonds. The van der Waals surface area contributed by atoms with Crippen molar-refractivity contribution >= 4 is 27.5 Å². The Bertz CT molecular complexity index is 1890. The summed E-state index contributed by atoms with van der Waals surface area (Å²) in [5.41, 5.74) is 7.47. The normalized spacial score (nSPS) is 13.8. The van der Waals surface area contributed by atoms with E-state index in [2.05, 4.69) is 41.1 Å². The first-order valence-corrected chi connectivity index (χ1v) is 14.1. The van der Waals surface area contributed by atoms with Gasteiger partial charge in [-0.2, -0.15) is 5.10 Å². The highest BCUT2D eigenvalue weighted by molar-refractivity contribution is 6.01. The lowest BCUT2D eigenvalue weighted by Gasteiger charge is -2.15. The largest absolute Gasteiger partial charge is 0.492 e. The maximum atomic E-state index is 14.7. The van der Waals surface area contributed by atoms with Crippen LogP contribution in [0.25, 0.3) is 55.6 Å². The van der Waals surface area contributed by atoms with Crippen molar-refractivity contribution in [3.05, 3.63) is 73.2 Å². The number of likely N-dealkylation sites (tertiary alicyclic amines) is 1. The molecule has 1 aliphatic heterocycles. The molecule has 1 fully saturated rings. The minimum atomic E-state index is -0.345. The molecule has 1 saturated heterocycles. The average molecular weight is 563 g/mol. The molecule has 6 heterocycles. The van der Waals surface area contributed by atoms with Crippen molar-refractivity contribution in [1.82, 2.24) is 35.0 Å². The lowest BCUT2D eigenvalue weighted by molar-refractivity contribution is 0.237. The predicted octanol–water partition coefficient (Wildman–Crippen LogP) is 5.91. The predicted molar refractivity (Wildman–Crippen MR) is 163 cm³/mol. The molecular formula is C32H31FN8O. The number of rotatable bonds is 8. The first-order chi connectivity index (χ1) is 20.5. The van der Waals surface area contributed by atoms with Crippen molar-refractivity contribution in [3.8, 4) is 39.5 Å². The van der Waals surface area contributed by atoms with Crippen molar-refractivity contribution in [2.24, 2.45) is 0 Å². The number of hydrogen-bond acceptors (Lipinski definition) is 7. The van der Waals surface area contributed by atoms with E-state index >= 15 is 0 Å². The van der Waals surface area contributed by atoms with E-state index in [-0.39, 0.29) is 5.82 Å². The first kappa shape index (κ1) is 26.1. The standard InChI is InChI=1S/C32H31FN8O/c1-40(2)23-10-21(15-34-16-23)28-14-26-31(19-36-28)38-39-32(26)29-13-25-27(17-35-18-30(25)37-29)20-9-22(33)12-24(11-20)42-8-7-41-5-3-4-6-41/h9-19,37H,3-8H2,1-2H3,(H,38,39). The zero-order chi connectivity index (χ0) is 28.6. The fourth-order valence-electron chi connectivity index (χ4n) is 5.60. The summed E-state index contributed by atoms with van der Waals surface area (Å²) in [7, 11) is 3.97. The number of benzene rings is 1. The van der Waals surface area contributed by atoms with Gasteiger partial charge in [-0.05, 0) is 61.8 Å². The number of anilines is 1. The molecule has 7 rings (SSSR count). The summed E-state index contributed by atoms with van der Waals surface area (Å²) >= 11 is 0. The Labute approximate surface area is 242 Å². The first-order valence-electron chi connectivity index (χ1n) is 14.1. The highest BCUT2D eigenvalue weighted by atomic mass is 19.1. The summed E-state index contributed by atoms with van der Waals surface area (Å²) in [6.45, 7) is 3.57. The maximum absolute atomic E-state index is 14.7. The molecule has 0 bridgehead atoms. The van der Waals surface area contributed by atoms with Crippen molar-refractivity contribution < 1.29 is 9.13 Å². The van der Waals surface area contributed by atoms with E-state index in [9.17, 15) is 4.39 Å². The quantitative estimate of drug-likeness (QED) is 0.238. The monoisotopic (exact) mass is 562 g/mol. The summed E-state index contributed by atoms with van der Waals surface area (Å²) < 4.78 is 20.7. The van der Waals surface area contributed by atoms with Gasteiger partial charge in [0.25, 0.3) is 0 Å². The van der Waals surface area contributed by atoms with Crippen LogP contribution in [0.5, 0.6) is 5.75 Å². The summed E-state index contributed by atoms with van der Waals surface area (Å²) in [6.07, 6.45) is 11.4. The molecule has 0 aliphatic carbocycles. The van der Waals surface area contributed by atoms with Crippen molar-refractivity contribution in [2.75, 3.05) is 45.2 Å². The van der Waals surface area contributed by atoms with Gasteiger partial charge in [0.1, 0.15) is 23.9 Å². The number of hydrogen-bond donors (Lipinski definition) is 2. The Morgan fingerprint density at radius 3 is 2.60 bits per heavy atom. The highest BCUT2D eigenvalue weighted by Crippen LogP contribution is 2.36. The number of nitrogens with one attached hydrogen (secondary N) is 2. The summed E-state index contributed by atoms with van der Waals surface area (Å²) in [5.74, 6) is 0.172. The second-order valence-electron chi connectivity index (χ2n) is 10.9. The van der Waals surface area contributed by atoms with Crippen molar-refractivity contribution in [1.29, 1.82) is 0 Å². The molecule has 212 valence electrons. The van der Waals surface area contributed by atoms with Gasteiger partial charge in [0.2, 0.25) is 0 Å². The lowest BCUT2D eigenvalue weighted by Crippen LogP contribution is -2.25. The molecule has 0 spiro atoms. The van der Waals surface area contributed by atoms with E-state index in [1.807, 2.05) is 49.6 Å². The van der Waals surface area contributed by atoms with Gasteiger partial charge in [-0.15, -0.1) is 0 Å². The Morgan fingerprint density at radius 1 is 0.881 bits per heavy atom. The minimum Gasteiger partial charge on any atom is -0.492 e. The Morgan fingerprint density at radius 2 is 1.74 bits per heavy atom. The van der Waals surface area contributed by atoms with Gasteiger partial charge < -0.3 is 14.6 Å². The van der Waals surface area contributed by atoms with Gasteiger partial charge in [0.05, 0.1) is 46.7 Å². The molecule has 0 radical (unpaired) electrons. The summed E-state index contributed by atoms with van der Waals surface area (Å²) in [5, 5.41) is 9.56. The van der Waals surface area contributed by atoms with Gasteiger partial charge in [-0.25, -0.2) is 4.39 Å². The van der Waals surface area contributed by atoms with Crippen LogP contribution in [-0.4, -0.2) is 75.4 Å². The number of ether oxygens (including phenoxy) is 1. The van der Waals surface area contributed by atoms with Gasteiger partial charge in [0, 0.05) is 61.0 Å². The minimum absolute atomic E-state index is 0.345. The van der Waals surface area contributed by atoms with Crippen LogP contribution in [0, 0.1) is 5.82 Å². The van der Waals surface area contributed by atoms with E-state index in [0.29, 0.717) is 17.9 Å². The van der Waals surface area contributed by atoms with Gasteiger partial charge in [-0.1, -0.05) is 0 Å². The SMILES string of the molecule is CN(C)c1cncc(-c2cc3c(-c4cc5c(-c6cc(F)cc(OCCN7CCCC7)c6)cncc5[nH]4)n[nH]c3cn2)c1. The number of halogens is 1. The van der Waals surface area contributed by atoms with Crippen LogP contribution in [0.3, 0.4) is 0 Å². The number of fused-ring (bicyclic) bond motifs is 2. The molecule has 0 saturated carbocycles. The fourth-order valence-corrected chi connectivity index (χ4v) is 5.60. The van der Waals surface area contributed by atoms with E-state index in [1.54, 1.807) is 18.6 Å². The molecule has 6 aromatic rings. The highest BCUT2D eigenvalue weighted by Gasteiger charge is 2.17. The smallest absolute Gasteiger partial charge is 0.127 e. The topological polar surface area (TPSA) is 98.9 Å². The van der Waals surface area contributed by atoms with E-state index in [0.717, 1.165) is 75.3 Å². The third kappa shape index (κ3) is 5.05. The molecule has 42 heavy (non-hydrogen) atoms. The third-order valence-electron chi connectivity index (χ3n) is 7.84. The van der Waals surface area contributed by atoms with Crippen LogP contribution >= 0.6 is 0 Å². The number of H-pyrrole nitrogens is 2. The number of nitrogens with zero attached hydrogens (tertiary/aromatic N) is 6. The molecule has 1 aromatic carbocycles. The molecular weight excluding hydrogens is 531 g/mol. The molecule has 1 aliphatic rings. The molecule has 0 atom stereocenters. The Hall–Kier alpha value is -4.83. The van der Waals surface area contributed by atoms with Gasteiger partial charge in [0.15, 0.2) is 0 Å². The van der Waals surface area contributed by atoms with Gasteiger partial charge >= 0.3 is 0 Å². The van der Waals surface area contributed by atoms with Crippen LogP contribution in [0.15, 0.2) is 67.4 Å². The average Bonchev–Trinajstić information content (AvgIpc) is 3.76. The second-order valence-corrected chi connectivity index (χ2v) is 10.9. The van der Waals surface area contributed by atoms with Crippen molar-refractivity contribution in [2.45, 2.75) is 12.8 Å². The van der Waals surface area contributed by atoms with E-state index in [4.69, 9.17) is 4.74 Å². The Balaban J connectivity index is 1.22. The van der Waals surface area contributed by atoms with Crippen LogP contribution in [0.4, 0.5) is 10.1 Å². The summed E-state index contributed by atoms with van der Waals surface area (Å²) in [6, 6.07) is 11.0. The molecule has 5 aromatic heterocycles. The third-order valence-corrected chi connectivity index (χ3v) is 7.84. The zero-order valence-electron chi connectivity index (χ0n) is 23.6. The molecule has 10 heteroatoms. The molecule has 0 unspecified atom stereocenters. The number of aromatic amines is 2. The van der Waals surface area contributed by atoms with E-state index < -0.39 is 0 Å². The van der Waals surface area contributed by atoms with E-state index in [1.165, 1.54) is 25.0 Å². The fraction of sp³-hybridized carbons (Fsp3) is 0.250. The number of pyridine rings is 3.